The van der Waals surface area contributed by atoms with Crippen molar-refractivity contribution in [3.8, 4) is 0 Å². The lowest BCUT2D eigenvalue weighted by atomic mass is 9.93. The minimum atomic E-state index is -3.28. The maximum atomic E-state index is 14.4. The fourth-order valence-corrected chi connectivity index (χ4v) is 5.32. The van der Waals surface area contributed by atoms with Gasteiger partial charge in [0.1, 0.15) is 11.6 Å². The SMILES string of the molecule is CCOC(=O)C1=C(C)N(C2CCS(=O)(=O)C2)C(=O)NC1c1ccc(F)cc1F. The number of nitrogens with one attached hydrogen (secondary N) is 1. The van der Waals surface area contributed by atoms with Crippen molar-refractivity contribution in [3.05, 3.63) is 46.7 Å². The Morgan fingerprint density at radius 2 is 2.07 bits per heavy atom. The van der Waals surface area contributed by atoms with Gasteiger partial charge in [-0.05, 0) is 26.3 Å². The van der Waals surface area contributed by atoms with E-state index in [1.165, 1.54) is 11.8 Å². The van der Waals surface area contributed by atoms with Crippen LogP contribution in [0.5, 0.6) is 0 Å². The highest BCUT2D eigenvalue weighted by Gasteiger charge is 2.43. The summed E-state index contributed by atoms with van der Waals surface area (Å²) in [6, 6.07) is 0.377. The number of urea groups is 1. The van der Waals surface area contributed by atoms with Crippen molar-refractivity contribution < 1.29 is 31.5 Å². The third-order valence-corrected chi connectivity index (χ3v) is 6.62. The second-order valence-corrected chi connectivity index (χ2v) is 8.92. The molecule has 1 N–H and O–H groups in total. The van der Waals surface area contributed by atoms with Gasteiger partial charge >= 0.3 is 12.0 Å². The molecule has 152 valence electrons. The Balaban J connectivity index is 2.09. The Bertz CT molecular complexity index is 961. The summed E-state index contributed by atoms with van der Waals surface area (Å²) < 4.78 is 56.4. The molecule has 2 aliphatic heterocycles. The summed E-state index contributed by atoms with van der Waals surface area (Å²) in [5, 5.41) is 2.54. The van der Waals surface area contributed by atoms with Crippen molar-refractivity contribution in [2.75, 3.05) is 18.1 Å². The van der Waals surface area contributed by atoms with Crippen LogP contribution in [-0.2, 0) is 19.4 Å². The molecule has 0 saturated carbocycles. The summed E-state index contributed by atoms with van der Waals surface area (Å²) in [5.74, 6) is -2.75. The average molecular weight is 414 g/mol. The summed E-state index contributed by atoms with van der Waals surface area (Å²) in [5.41, 5.74) is 0.0881. The number of carbonyl (C=O) groups is 2. The highest BCUT2D eigenvalue weighted by Crippen LogP contribution is 2.35. The summed E-state index contributed by atoms with van der Waals surface area (Å²) in [4.78, 5) is 26.5. The molecule has 0 aliphatic carbocycles. The van der Waals surface area contributed by atoms with Gasteiger partial charge in [0.15, 0.2) is 9.84 Å². The van der Waals surface area contributed by atoms with E-state index >= 15 is 0 Å². The molecule has 1 saturated heterocycles. The number of benzene rings is 1. The first kappa shape index (κ1) is 20.2. The van der Waals surface area contributed by atoms with Crippen LogP contribution in [0, 0.1) is 11.6 Å². The second kappa shape index (κ2) is 7.50. The zero-order valence-electron chi connectivity index (χ0n) is 15.4. The van der Waals surface area contributed by atoms with Crippen molar-refractivity contribution in [1.29, 1.82) is 0 Å². The van der Waals surface area contributed by atoms with Gasteiger partial charge in [-0.15, -0.1) is 0 Å². The van der Waals surface area contributed by atoms with Crippen LogP contribution in [0.3, 0.4) is 0 Å². The van der Waals surface area contributed by atoms with Gasteiger partial charge in [-0.1, -0.05) is 6.07 Å². The molecule has 0 aromatic heterocycles. The van der Waals surface area contributed by atoms with Crippen molar-refractivity contribution >= 4 is 21.8 Å². The van der Waals surface area contributed by atoms with Crippen LogP contribution in [-0.4, -0.2) is 49.5 Å². The first-order chi connectivity index (χ1) is 13.1. The maximum absolute atomic E-state index is 14.4. The van der Waals surface area contributed by atoms with Crippen molar-refractivity contribution in [2.24, 2.45) is 0 Å². The quantitative estimate of drug-likeness (QED) is 0.762. The maximum Gasteiger partial charge on any atom is 0.338 e. The van der Waals surface area contributed by atoms with Crippen LogP contribution < -0.4 is 5.32 Å². The van der Waals surface area contributed by atoms with E-state index in [9.17, 15) is 26.8 Å². The molecule has 1 fully saturated rings. The third-order valence-electron chi connectivity index (χ3n) is 4.87. The number of amides is 2. The molecule has 10 heteroatoms. The highest BCUT2D eigenvalue weighted by molar-refractivity contribution is 7.91. The Kier molecular flexibility index (Phi) is 5.42. The standard InChI is InChI=1S/C18H20F2N2O5S/c1-3-27-17(23)15-10(2)22(12-6-7-28(25,26)9-12)18(24)21-16(15)13-5-4-11(19)8-14(13)20/h4-5,8,12,16H,3,6-7,9H2,1-2H3,(H,21,24). The number of sulfone groups is 1. The number of ether oxygens (including phenoxy) is 1. The molecule has 28 heavy (non-hydrogen) atoms. The van der Waals surface area contributed by atoms with Gasteiger partial charge in [-0.2, -0.15) is 0 Å². The van der Waals surface area contributed by atoms with E-state index in [0.717, 1.165) is 12.1 Å². The predicted octanol–water partition coefficient (Wildman–Crippen LogP) is 2.06. The summed E-state index contributed by atoms with van der Waals surface area (Å²) in [7, 11) is -3.28. The summed E-state index contributed by atoms with van der Waals surface area (Å²) in [6.07, 6.45) is 0.235. The lowest BCUT2D eigenvalue weighted by Crippen LogP contribution is -2.52. The number of carbonyl (C=O) groups excluding carboxylic acids is 2. The lowest BCUT2D eigenvalue weighted by Gasteiger charge is -2.38. The van der Waals surface area contributed by atoms with Gasteiger partial charge in [-0.3, -0.25) is 4.90 Å². The van der Waals surface area contributed by atoms with E-state index in [4.69, 9.17) is 4.74 Å². The minimum absolute atomic E-state index is 0.0174. The van der Waals surface area contributed by atoms with Crippen LogP contribution in [0.2, 0.25) is 0 Å². The number of esters is 1. The minimum Gasteiger partial charge on any atom is -0.463 e. The zero-order valence-corrected chi connectivity index (χ0v) is 16.2. The molecular weight excluding hydrogens is 394 g/mol. The van der Waals surface area contributed by atoms with Crippen LogP contribution in [0.4, 0.5) is 13.6 Å². The Labute approximate surface area is 161 Å². The fraction of sp³-hybridized carbons (Fsp3) is 0.444. The van der Waals surface area contributed by atoms with Crippen LogP contribution in [0.25, 0.3) is 0 Å². The fourth-order valence-electron chi connectivity index (χ4n) is 3.62. The predicted molar refractivity (Wildman–Crippen MR) is 95.9 cm³/mol. The Hall–Kier alpha value is -2.49. The Morgan fingerprint density at radius 1 is 1.36 bits per heavy atom. The number of halogens is 2. The van der Waals surface area contributed by atoms with Gasteiger partial charge in [0.2, 0.25) is 0 Å². The van der Waals surface area contributed by atoms with Crippen LogP contribution in [0.1, 0.15) is 31.9 Å². The zero-order chi connectivity index (χ0) is 20.6. The topological polar surface area (TPSA) is 92.8 Å². The smallest absolute Gasteiger partial charge is 0.338 e. The van der Waals surface area contributed by atoms with Gasteiger partial charge in [0.25, 0.3) is 0 Å². The van der Waals surface area contributed by atoms with Crippen LogP contribution in [0.15, 0.2) is 29.5 Å². The molecular formula is C18H20F2N2O5S. The molecule has 2 unspecified atom stereocenters. The third kappa shape index (κ3) is 3.73. The molecule has 7 nitrogen and oxygen atoms in total. The second-order valence-electron chi connectivity index (χ2n) is 6.69. The first-order valence-corrected chi connectivity index (χ1v) is 10.6. The average Bonchev–Trinajstić information content (AvgIpc) is 2.94. The summed E-state index contributed by atoms with van der Waals surface area (Å²) >= 11 is 0. The molecule has 0 spiro atoms. The number of allylic oxidation sites excluding steroid dienone is 1. The molecule has 3 rings (SSSR count). The molecule has 2 heterocycles. The molecule has 1 aromatic rings. The van der Waals surface area contributed by atoms with Crippen molar-refractivity contribution in [2.45, 2.75) is 32.4 Å². The van der Waals surface area contributed by atoms with E-state index in [1.54, 1.807) is 6.92 Å². The highest BCUT2D eigenvalue weighted by atomic mass is 32.2. The Morgan fingerprint density at radius 3 is 2.64 bits per heavy atom. The van der Waals surface area contributed by atoms with Gasteiger partial charge in [0.05, 0.1) is 35.8 Å². The molecule has 2 amide bonds. The largest absolute Gasteiger partial charge is 0.463 e. The lowest BCUT2D eigenvalue weighted by molar-refractivity contribution is -0.139. The molecule has 1 aromatic carbocycles. The normalized spacial score (nSPS) is 24.3. The van der Waals surface area contributed by atoms with Crippen LogP contribution >= 0.6 is 0 Å². The molecule has 2 aliphatic rings. The van der Waals surface area contributed by atoms with Crippen molar-refractivity contribution in [3.63, 3.8) is 0 Å². The number of rotatable bonds is 4. The van der Waals surface area contributed by atoms with Crippen molar-refractivity contribution in [1.82, 2.24) is 10.2 Å². The van der Waals surface area contributed by atoms with E-state index in [0.29, 0.717) is 6.07 Å². The van der Waals surface area contributed by atoms with E-state index < -0.39 is 45.6 Å². The monoisotopic (exact) mass is 414 g/mol. The number of nitrogens with zero attached hydrogens (tertiary/aromatic N) is 1. The van der Waals surface area contributed by atoms with E-state index in [2.05, 4.69) is 5.32 Å². The first-order valence-electron chi connectivity index (χ1n) is 8.77. The summed E-state index contributed by atoms with van der Waals surface area (Å²) in [6.45, 7) is 3.15. The molecule has 0 bridgehead atoms. The number of hydrogen-bond donors (Lipinski definition) is 1. The van der Waals surface area contributed by atoms with Gasteiger partial charge in [0, 0.05) is 17.3 Å². The van der Waals surface area contributed by atoms with Gasteiger partial charge in [-0.25, -0.2) is 26.8 Å². The van der Waals surface area contributed by atoms with E-state index in [1.807, 2.05) is 0 Å². The number of hydrogen-bond acceptors (Lipinski definition) is 5. The van der Waals surface area contributed by atoms with Gasteiger partial charge < -0.3 is 10.1 Å². The van der Waals surface area contributed by atoms with E-state index in [-0.39, 0.29) is 41.4 Å². The molecule has 2 atom stereocenters. The molecule has 0 radical (unpaired) electrons.